The highest BCUT2D eigenvalue weighted by Crippen LogP contribution is 2.45. The van der Waals surface area contributed by atoms with Crippen LogP contribution in [0.5, 0.6) is 0 Å². The topological polar surface area (TPSA) is 19.4 Å². The fourth-order valence-electron chi connectivity index (χ4n) is 4.44. The molecule has 0 atom stereocenters. The van der Waals surface area contributed by atoms with Crippen molar-refractivity contribution in [1.29, 1.82) is 0 Å². The first-order chi connectivity index (χ1) is 15.5. The molecule has 0 N–H and O–H groups in total. The van der Waals surface area contributed by atoms with Crippen molar-refractivity contribution in [3.05, 3.63) is 70.0 Å². The molecule has 1 aliphatic carbocycles. The van der Waals surface area contributed by atoms with Crippen LogP contribution in [0, 0.1) is 0 Å². The normalized spacial score (nSPS) is 11.3. The highest BCUT2D eigenvalue weighted by atomic mass is 35.5. The van der Waals surface area contributed by atoms with Crippen molar-refractivity contribution in [2.24, 2.45) is 0 Å². The summed E-state index contributed by atoms with van der Waals surface area (Å²) in [5.41, 5.74) is 4.81. The molecule has 5 heteroatoms. The van der Waals surface area contributed by atoms with E-state index in [-0.39, 0.29) is 0 Å². The molecule has 0 saturated heterocycles. The lowest BCUT2D eigenvalue weighted by Gasteiger charge is -2.22. The molecule has 1 aliphatic heterocycles. The van der Waals surface area contributed by atoms with Crippen LogP contribution >= 0.6 is 23.2 Å². The van der Waals surface area contributed by atoms with Crippen LogP contribution in [0.15, 0.2) is 59.0 Å². The quantitative estimate of drug-likeness (QED) is 0.221. The van der Waals surface area contributed by atoms with Gasteiger partial charge in [-0.2, -0.15) is 0 Å². The maximum absolute atomic E-state index is 6.69. The third-order valence-electron chi connectivity index (χ3n) is 6.16. The van der Waals surface area contributed by atoms with Crippen LogP contribution in [0.2, 0.25) is 10.0 Å². The molecule has 0 radical (unpaired) electrons. The van der Waals surface area contributed by atoms with Crippen molar-refractivity contribution in [3.63, 3.8) is 0 Å². The summed E-state index contributed by atoms with van der Waals surface area (Å²) in [7, 11) is 0. The summed E-state index contributed by atoms with van der Waals surface area (Å²) in [6, 6.07) is 18.4. The van der Waals surface area contributed by atoms with Crippen LogP contribution in [0.4, 0.5) is 5.69 Å². The Hall–Kier alpha value is -2.49. The zero-order chi connectivity index (χ0) is 22.8. The summed E-state index contributed by atoms with van der Waals surface area (Å²) in [6.45, 7) is 12.4. The van der Waals surface area contributed by atoms with Crippen molar-refractivity contribution in [2.45, 2.75) is 27.7 Å². The van der Waals surface area contributed by atoms with Gasteiger partial charge in [-0.3, -0.25) is 0 Å². The smallest absolute Gasteiger partial charge is 0.203 e. The van der Waals surface area contributed by atoms with Gasteiger partial charge >= 0.3 is 0 Å². The predicted molar refractivity (Wildman–Crippen MR) is 138 cm³/mol. The second-order valence-corrected chi connectivity index (χ2v) is 8.59. The third-order valence-corrected chi connectivity index (χ3v) is 6.79. The molecule has 1 heterocycles. The van der Waals surface area contributed by atoms with E-state index in [1.54, 1.807) is 0 Å². The van der Waals surface area contributed by atoms with Crippen molar-refractivity contribution < 1.29 is 4.42 Å². The SMILES string of the molecule is CCN(CC)c1ccc2c(-c3c(Cl)cccc3Cl)c3ccc(=[N+](CC)CC)cc-3oc2c1. The van der Waals surface area contributed by atoms with Gasteiger partial charge in [-0.25, -0.2) is 4.58 Å². The Bertz CT molecular complexity index is 1280. The summed E-state index contributed by atoms with van der Waals surface area (Å²) in [5.74, 6) is 0.824. The van der Waals surface area contributed by atoms with E-state index in [0.717, 1.165) is 70.6 Å². The second-order valence-electron chi connectivity index (χ2n) is 7.78. The molecule has 4 rings (SSSR count). The number of anilines is 1. The number of benzene rings is 3. The van der Waals surface area contributed by atoms with Gasteiger partial charge in [0.25, 0.3) is 0 Å². The van der Waals surface area contributed by atoms with Crippen LogP contribution in [0.25, 0.3) is 33.4 Å². The maximum atomic E-state index is 6.69. The van der Waals surface area contributed by atoms with E-state index in [2.05, 4.69) is 73.6 Å². The molecule has 0 bridgehead atoms. The van der Waals surface area contributed by atoms with Gasteiger partial charge in [0.05, 0.1) is 6.07 Å². The number of nitrogens with zero attached hydrogens (tertiary/aromatic N) is 2. The largest absolute Gasteiger partial charge is 0.456 e. The van der Waals surface area contributed by atoms with Crippen LogP contribution < -0.4 is 14.8 Å². The van der Waals surface area contributed by atoms with Crippen molar-refractivity contribution >= 4 is 39.9 Å². The van der Waals surface area contributed by atoms with E-state index in [0.29, 0.717) is 10.0 Å². The minimum absolute atomic E-state index is 0.631. The highest BCUT2D eigenvalue weighted by molar-refractivity contribution is 6.40. The van der Waals surface area contributed by atoms with Gasteiger partial charge in [0.2, 0.25) is 5.36 Å². The molecule has 0 amide bonds. The van der Waals surface area contributed by atoms with Crippen molar-refractivity contribution in [1.82, 2.24) is 4.58 Å². The summed E-state index contributed by atoms with van der Waals surface area (Å²) in [6.07, 6.45) is 0. The molecule has 0 saturated carbocycles. The summed E-state index contributed by atoms with van der Waals surface area (Å²) in [4.78, 5) is 2.31. The average molecular weight is 468 g/mol. The van der Waals surface area contributed by atoms with Gasteiger partial charge in [0.1, 0.15) is 24.4 Å². The zero-order valence-corrected chi connectivity index (χ0v) is 20.6. The minimum atomic E-state index is 0.631. The van der Waals surface area contributed by atoms with Gasteiger partial charge in [0.15, 0.2) is 0 Å². The molecule has 166 valence electrons. The number of hydrogen-bond acceptors (Lipinski definition) is 2. The monoisotopic (exact) mass is 467 g/mol. The molecule has 0 unspecified atom stereocenters. The van der Waals surface area contributed by atoms with Crippen LogP contribution in [-0.4, -0.2) is 26.2 Å². The Labute approximate surface area is 199 Å². The van der Waals surface area contributed by atoms with Gasteiger partial charge in [0, 0.05) is 63.0 Å². The summed E-state index contributed by atoms with van der Waals surface area (Å²) >= 11 is 13.4. The van der Waals surface area contributed by atoms with Gasteiger partial charge in [-0.15, -0.1) is 0 Å². The average Bonchev–Trinajstić information content (AvgIpc) is 2.80. The molecule has 2 aromatic rings. The fourth-order valence-corrected chi connectivity index (χ4v) is 5.03. The van der Waals surface area contributed by atoms with Gasteiger partial charge in [-0.1, -0.05) is 29.3 Å². The predicted octanol–water partition coefficient (Wildman–Crippen LogP) is 7.17. The molecule has 3 nitrogen and oxygen atoms in total. The maximum Gasteiger partial charge on any atom is 0.203 e. The number of hydrogen-bond donors (Lipinski definition) is 0. The minimum Gasteiger partial charge on any atom is -0.456 e. The molecule has 32 heavy (non-hydrogen) atoms. The summed E-state index contributed by atoms with van der Waals surface area (Å²) in [5, 5.41) is 3.40. The molecule has 2 aliphatic rings. The number of halogens is 2. The van der Waals surface area contributed by atoms with E-state index < -0.39 is 0 Å². The van der Waals surface area contributed by atoms with E-state index in [4.69, 9.17) is 27.6 Å². The lowest BCUT2D eigenvalue weighted by atomic mass is 9.93. The molecule has 0 aromatic heterocycles. The Morgan fingerprint density at radius 3 is 2.12 bits per heavy atom. The first-order valence-electron chi connectivity index (χ1n) is 11.3. The Morgan fingerprint density at radius 2 is 1.50 bits per heavy atom. The lowest BCUT2D eigenvalue weighted by Crippen LogP contribution is -2.29. The second kappa shape index (κ2) is 9.56. The number of fused-ring (bicyclic) bond motifs is 2. The van der Waals surface area contributed by atoms with Crippen LogP contribution in [-0.2, 0) is 0 Å². The highest BCUT2D eigenvalue weighted by Gasteiger charge is 2.22. The first kappa shape index (κ1) is 22.7. The standard InChI is InChI=1S/C27H29Cl2N2O/c1-5-30(6-2)18-12-14-20-24(16-18)32-25-17-19(31(7-3)8-4)13-15-21(25)26(20)27-22(28)10-9-11-23(27)29/h9-17H,5-8H2,1-4H3/q+1. The molecule has 0 spiro atoms. The first-order valence-corrected chi connectivity index (χ1v) is 12.1. The van der Waals surface area contributed by atoms with Crippen LogP contribution in [0.1, 0.15) is 27.7 Å². The Morgan fingerprint density at radius 1 is 0.812 bits per heavy atom. The molecule has 2 aromatic carbocycles. The summed E-state index contributed by atoms with van der Waals surface area (Å²) < 4.78 is 8.82. The Kier molecular flexibility index (Phi) is 6.78. The van der Waals surface area contributed by atoms with Crippen molar-refractivity contribution in [2.75, 3.05) is 31.1 Å². The van der Waals surface area contributed by atoms with E-state index in [9.17, 15) is 0 Å². The molecular weight excluding hydrogens is 439 g/mol. The lowest BCUT2D eigenvalue weighted by molar-refractivity contribution is 0.604. The van der Waals surface area contributed by atoms with Gasteiger partial charge < -0.3 is 9.32 Å². The van der Waals surface area contributed by atoms with Gasteiger partial charge in [-0.05, 0) is 58.0 Å². The number of rotatable bonds is 6. The molecular formula is C27H29Cl2N2O+. The Balaban J connectivity index is 2.14. The zero-order valence-electron chi connectivity index (χ0n) is 19.1. The van der Waals surface area contributed by atoms with Crippen molar-refractivity contribution in [3.8, 4) is 22.5 Å². The fraction of sp³-hybridized carbons (Fsp3) is 0.296. The van der Waals surface area contributed by atoms with E-state index >= 15 is 0 Å². The van der Waals surface area contributed by atoms with E-state index in [1.807, 2.05) is 18.2 Å². The van der Waals surface area contributed by atoms with Crippen LogP contribution in [0.3, 0.4) is 0 Å². The molecule has 0 fully saturated rings. The third kappa shape index (κ3) is 4.00. The van der Waals surface area contributed by atoms with E-state index in [1.165, 1.54) is 0 Å².